The molecule has 3 aromatic rings. The lowest BCUT2D eigenvalue weighted by molar-refractivity contribution is 0.391. The van der Waals surface area contributed by atoms with Gasteiger partial charge in [-0.25, -0.2) is 4.98 Å². The second-order valence-corrected chi connectivity index (χ2v) is 5.86. The van der Waals surface area contributed by atoms with Crippen LogP contribution >= 0.6 is 27.3 Å². The standard InChI is InChI=1S/C12H10BrN3OS/c1-7-4-9(16-17-7)6-14-12-15-10-5-8(13)2-3-11(10)18-12/h2-5H,6H2,1H3,(H,14,15). The molecule has 0 fully saturated rings. The molecule has 0 aliphatic carbocycles. The first kappa shape index (κ1) is 11.7. The van der Waals surface area contributed by atoms with Crippen LogP contribution in [0.15, 0.2) is 33.3 Å². The van der Waals surface area contributed by atoms with Crippen LogP contribution in [0.4, 0.5) is 5.13 Å². The molecule has 0 aliphatic rings. The van der Waals surface area contributed by atoms with E-state index < -0.39 is 0 Å². The Labute approximate surface area is 116 Å². The Morgan fingerprint density at radius 3 is 3.06 bits per heavy atom. The predicted octanol–water partition coefficient (Wildman–Crippen LogP) is 3.97. The molecule has 4 nitrogen and oxygen atoms in total. The van der Waals surface area contributed by atoms with Crippen LogP contribution in [0.25, 0.3) is 10.2 Å². The number of aromatic nitrogens is 2. The number of hydrogen-bond donors (Lipinski definition) is 1. The highest BCUT2D eigenvalue weighted by Crippen LogP contribution is 2.28. The monoisotopic (exact) mass is 323 g/mol. The van der Waals surface area contributed by atoms with E-state index in [2.05, 4.69) is 37.5 Å². The summed E-state index contributed by atoms with van der Waals surface area (Å²) in [5, 5.41) is 8.08. The molecule has 3 rings (SSSR count). The Hall–Kier alpha value is -1.40. The second-order valence-electron chi connectivity index (χ2n) is 3.91. The Kier molecular flexibility index (Phi) is 3.05. The van der Waals surface area contributed by atoms with Crippen molar-refractivity contribution in [3.05, 3.63) is 40.2 Å². The molecule has 0 unspecified atom stereocenters. The largest absolute Gasteiger partial charge is 0.361 e. The highest BCUT2D eigenvalue weighted by Gasteiger charge is 2.05. The zero-order valence-electron chi connectivity index (χ0n) is 9.61. The maximum absolute atomic E-state index is 5.01. The summed E-state index contributed by atoms with van der Waals surface area (Å²) in [5.74, 6) is 0.819. The number of fused-ring (bicyclic) bond motifs is 1. The summed E-state index contributed by atoms with van der Waals surface area (Å²) >= 11 is 5.07. The molecule has 18 heavy (non-hydrogen) atoms. The summed E-state index contributed by atoms with van der Waals surface area (Å²) in [4.78, 5) is 4.51. The summed E-state index contributed by atoms with van der Waals surface area (Å²) in [6.07, 6.45) is 0. The van der Waals surface area contributed by atoms with Crippen LogP contribution in [0.2, 0.25) is 0 Å². The van der Waals surface area contributed by atoms with E-state index in [0.717, 1.165) is 31.3 Å². The molecule has 0 atom stereocenters. The fraction of sp³-hybridized carbons (Fsp3) is 0.167. The van der Waals surface area contributed by atoms with Gasteiger partial charge in [0.15, 0.2) is 5.13 Å². The van der Waals surface area contributed by atoms with Gasteiger partial charge in [0.1, 0.15) is 11.5 Å². The topological polar surface area (TPSA) is 51.0 Å². The zero-order chi connectivity index (χ0) is 12.5. The van der Waals surface area contributed by atoms with E-state index >= 15 is 0 Å². The first-order valence-electron chi connectivity index (χ1n) is 5.43. The van der Waals surface area contributed by atoms with Gasteiger partial charge < -0.3 is 9.84 Å². The minimum Gasteiger partial charge on any atom is -0.361 e. The van der Waals surface area contributed by atoms with Crippen molar-refractivity contribution >= 4 is 42.6 Å². The third-order valence-electron chi connectivity index (χ3n) is 2.45. The van der Waals surface area contributed by atoms with Gasteiger partial charge in [-0.15, -0.1) is 0 Å². The molecule has 0 saturated carbocycles. The highest BCUT2D eigenvalue weighted by atomic mass is 79.9. The molecule has 0 spiro atoms. The van der Waals surface area contributed by atoms with Gasteiger partial charge in [0.2, 0.25) is 0 Å². The van der Waals surface area contributed by atoms with Crippen molar-refractivity contribution in [2.24, 2.45) is 0 Å². The first-order valence-corrected chi connectivity index (χ1v) is 7.04. The molecule has 1 aromatic carbocycles. The number of thiazole rings is 1. The van der Waals surface area contributed by atoms with Gasteiger partial charge in [-0.3, -0.25) is 0 Å². The maximum atomic E-state index is 5.01. The Balaban J connectivity index is 1.78. The van der Waals surface area contributed by atoms with Gasteiger partial charge in [-0.05, 0) is 25.1 Å². The number of aryl methyl sites for hydroxylation is 1. The molecule has 0 saturated heterocycles. The lowest BCUT2D eigenvalue weighted by atomic mass is 10.3. The van der Waals surface area contributed by atoms with Crippen LogP contribution in [-0.4, -0.2) is 10.1 Å². The van der Waals surface area contributed by atoms with Crippen molar-refractivity contribution in [3.63, 3.8) is 0 Å². The highest BCUT2D eigenvalue weighted by molar-refractivity contribution is 9.10. The van der Waals surface area contributed by atoms with E-state index in [1.54, 1.807) is 11.3 Å². The molecule has 0 bridgehead atoms. The fourth-order valence-electron chi connectivity index (χ4n) is 1.64. The summed E-state index contributed by atoms with van der Waals surface area (Å²) in [6, 6.07) is 8.00. The van der Waals surface area contributed by atoms with Gasteiger partial charge >= 0.3 is 0 Å². The second kappa shape index (κ2) is 4.70. The van der Waals surface area contributed by atoms with Crippen LogP contribution < -0.4 is 5.32 Å². The normalized spacial score (nSPS) is 11.0. The van der Waals surface area contributed by atoms with E-state index in [4.69, 9.17) is 4.52 Å². The summed E-state index contributed by atoms with van der Waals surface area (Å²) < 4.78 is 7.22. The van der Waals surface area contributed by atoms with Gasteiger partial charge in [-0.1, -0.05) is 32.4 Å². The van der Waals surface area contributed by atoms with Crippen molar-refractivity contribution in [1.82, 2.24) is 10.1 Å². The third kappa shape index (κ3) is 2.39. The number of rotatable bonds is 3. The molecular formula is C12H10BrN3OS. The number of anilines is 1. The average Bonchev–Trinajstić information content (AvgIpc) is 2.92. The molecule has 92 valence electrons. The zero-order valence-corrected chi connectivity index (χ0v) is 12.0. The van der Waals surface area contributed by atoms with E-state index in [-0.39, 0.29) is 0 Å². The lowest BCUT2D eigenvalue weighted by Gasteiger charge is -1.96. The third-order valence-corrected chi connectivity index (χ3v) is 3.93. The van der Waals surface area contributed by atoms with Crippen molar-refractivity contribution in [1.29, 1.82) is 0 Å². The van der Waals surface area contributed by atoms with Crippen LogP contribution in [0, 0.1) is 6.92 Å². The molecule has 0 aliphatic heterocycles. The molecule has 0 radical (unpaired) electrons. The van der Waals surface area contributed by atoms with Gasteiger partial charge in [0.05, 0.1) is 16.8 Å². The van der Waals surface area contributed by atoms with Gasteiger partial charge in [0.25, 0.3) is 0 Å². The fourth-order valence-corrected chi connectivity index (χ4v) is 2.83. The lowest BCUT2D eigenvalue weighted by Crippen LogP contribution is -1.98. The minimum atomic E-state index is 0.623. The number of hydrogen-bond acceptors (Lipinski definition) is 5. The van der Waals surface area contributed by atoms with E-state index in [1.165, 1.54) is 0 Å². The SMILES string of the molecule is Cc1cc(CNc2nc3cc(Br)ccc3s2)no1. The number of benzene rings is 1. The number of nitrogens with zero attached hydrogens (tertiary/aromatic N) is 2. The smallest absolute Gasteiger partial charge is 0.184 e. The summed E-state index contributed by atoms with van der Waals surface area (Å²) in [5.41, 5.74) is 1.88. The van der Waals surface area contributed by atoms with Crippen molar-refractivity contribution in [3.8, 4) is 0 Å². The molecule has 2 aromatic heterocycles. The molecule has 2 heterocycles. The van der Waals surface area contributed by atoms with Crippen LogP contribution in [0.5, 0.6) is 0 Å². The quantitative estimate of drug-likeness (QED) is 0.792. The van der Waals surface area contributed by atoms with Gasteiger partial charge in [0, 0.05) is 10.5 Å². The molecular weight excluding hydrogens is 314 g/mol. The van der Waals surface area contributed by atoms with E-state index in [9.17, 15) is 0 Å². The minimum absolute atomic E-state index is 0.623. The summed E-state index contributed by atoms with van der Waals surface area (Å²) in [6.45, 7) is 2.50. The van der Waals surface area contributed by atoms with Crippen molar-refractivity contribution in [2.45, 2.75) is 13.5 Å². The maximum Gasteiger partial charge on any atom is 0.184 e. The Bertz CT molecular complexity index is 692. The van der Waals surface area contributed by atoms with E-state index in [1.807, 2.05) is 25.1 Å². The van der Waals surface area contributed by atoms with Crippen LogP contribution in [-0.2, 0) is 6.54 Å². The number of halogens is 1. The predicted molar refractivity (Wildman–Crippen MR) is 75.9 cm³/mol. The molecule has 6 heteroatoms. The number of nitrogens with one attached hydrogen (secondary N) is 1. The van der Waals surface area contributed by atoms with Crippen molar-refractivity contribution < 1.29 is 4.52 Å². The van der Waals surface area contributed by atoms with Gasteiger partial charge in [-0.2, -0.15) is 0 Å². The summed E-state index contributed by atoms with van der Waals surface area (Å²) in [7, 11) is 0. The molecule has 0 amide bonds. The molecule has 1 N–H and O–H groups in total. The Morgan fingerprint density at radius 1 is 1.39 bits per heavy atom. The first-order chi connectivity index (χ1) is 8.70. The van der Waals surface area contributed by atoms with Crippen molar-refractivity contribution in [2.75, 3.05) is 5.32 Å². The Morgan fingerprint density at radius 2 is 2.28 bits per heavy atom. The van der Waals surface area contributed by atoms with Crippen LogP contribution in [0.3, 0.4) is 0 Å². The van der Waals surface area contributed by atoms with E-state index in [0.29, 0.717) is 6.54 Å². The average molecular weight is 324 g/mol. The van der Waals surface area contributed by atoms with Crippen LogP contribution in [0.1, 0.15) is 11.5 Å².